The fraction of sp³-hybridized carbons (Fsp3) is 0.615. The molecular weight excluding hydrogens is 294 g/mol. The highest BCUT2D eigenvalue weighted by Gasteiger charge is 2.29. The Balaban J connectivity index is 1.64. The molecule has 1 aromatic heterocycles. The summed E-state index contributed by atoms with van der Waals surface area (Å²) in [5.74, 6) is 0.107. The quantitative estimate of drug-likeness (QED) is 0.802. The van der Waals surface area contributed by atoms with Crippen LogP contribution >= 0.6 is 0 Å². The van der Waals surface area contributed by atoms with Gasteiger partial charge < -0.3 is 5.32 Å². The summed E-state index contributed by atoms with van der Waals surface area (Å²) in [6.07, 6.45) is 2.56. The summed E-state index contributed by atoms with van der Waals surface area (Å²) >= 11 is 0. The predicted octanol–water partition coefficient (Wildman–Crippen LogP) is -0.576. The lowest BCUT2D eigenvalue weighted by atomic mass is 10.2. The van der Waals surface area contributed by atoms with Crippen molar-refractivity contribution in [3.8, 4) is 0 Å². The van der Waals surface area contributed by atoms with Gasteiger partial charge in [0.2, 0.25) is 5.91 Å². The number of carbonyl (C=O) groups excluding carboxylic acids is 1. The molecule has 2 aliphatic rings. The molecule has 0 radical (unpaired) electrons. The Labute approximate surface area is 122 Å². The predicted molar refractivity (Wildman–Crippen MR) is 75.7 cm³/mol. The topological polar surface area (TPSA) is 98.1 Å². The average molecular weight is 311 g/mol. The molecule has 1 N–H and O–H groups in total. The van der Waals surface area contributed by atoms with Crippen LogP contribution < -0.4 is 10.9 Å². The van der Waals surface area contributed by atoms with Gasteiger partial charge in [0.25, 0.3) is 5.56 Å². The van der Waals surface area contributed by atoms with E-state index in [2.05, 4.69) is 10.4 Å². The van der Waals surface area contributed by atoms with E-state index < -0.39 is 9.84 Å². The molecule has 21 heavy (non-hydrogen) atoms. The van der Waals surface area contributed by atoms with Gasteiger partial charge in [-0.05, 0) is 25.3 Å². The van der Waals surface area contributed by atoms with E-state index in [1.165, 1.54) is 6.07 Å². The van der Waals surface area contributed by atoms with Crippen LogP contribution in [0.15, 0.2) is 16.9 Å². The Morgan fingerprint density at radius 1 is 1.33 bits per heavy atom. The Kier molecular flexibility index (Phi) is 3.56. The van der Waals surface area contributed by atoms with Crippen LogP contribution in [0.5, 0.6) is 0 Å². The maximum atomic E-state index is 11.9. The molecule has 1 saturated carbocycles. The number of nitrogens with one attached hydrogen (secondary N) is 1. The first-order valence-corrected chi connectivity index (χ1v) is 8.83. The van der Waals surface area contributed by atoms with Crippen molar-refractivity contribution in [3.05, 3.63) is 28.2 Å². The SMILES string of the molecule is O=C(Cn1nc(C2CC2)ccc1=O)N[C@@H]1CCS(=O)(=O)C1. The standard InChI is InChI=1S/C13H17N3O4S/c17-12(14-10-5-6-21(19,20)8-10)7-16-13(18)4-3-11(15-16)9-1-2-9/h3-4,9-10H,1-2,5-8H2,(H,14,17)/t10-/m1/s1. The fourth-order valence-corrected chi connectivity index (χ4v) is 4.17. The molecule has 1 atom stereocenters. The van der Waals surface area contributed by atoms with E-state index in [-0.39, 0.29) is 35.6 Å². The molecule has 2 heterocycles. The van der Waals surface area contributed by atoms with Crippen molar-refractivity contribution in [2.24, 2.45) is 0 Å². The largest absolute Gasteiger partial charge is 0.351 e. The summed E-state index contributed by atoms with van der Waals surface area (Å²) in [4.78, 5) is 23.6. The number of aromatic nitrogens is 2. The van der Waals surface area contributed by atoms with E-state index in [0.717, 1.165) is 23.2 Å². The maximum absolute atomic E-state index is 11.9. The van der Waals surface area contributed by atoms with E-state index in [9.17, 15) is 18.0 Å². The lowest BCUT2D eigenvalue weighted by Crippen LogP contribution is -2.40. The van der Waals surface area contributed by atoms with Crippen LogP contribution in [0.2, 0.25) is 0 Å². The van der Waals surface area contributed by atoms with E-state index in [1.54, 1.807) is 6.07 Å². The second-order valence-electron chi connectivity index (χ2n) is 5.70. The van der Waals surface area contributed by atoms with Crippen molar-refractivity contribution >= 4 is 15.7 Å². The number of hydrogen-bond acceptors (Lipinski definition) is 5. The highest BCUT2D eigenvalue weighted by atomic mass is 32.2. The number of sulfone groups is 1. The van der Waals surface area contributed by atoms with Gasteiger partial charge in [0.1, 0.15) is 6.54 Å². The number of rotatable bonds is 4. The van der Waals surface area contributed by atoms with Gasteiger partial charge in [0, 0.05) is 18.0 Å². The molecule has 0 bridgehead atoms. The Morgan fingerprint density at radius 2 is 2.10 bits per heavy atom. The first-order chi connectivity index (χ1) is 9.93. The molecule has 1 aliphatic carbocycles. The van der Waals surface area contributed by atoms with Gasteiger partial charge in [-0.25, -0.2) is 13.1 Å². The molecule has 3 rings (SSSR count). The number of carbonyl (C=O) groups is 1. The van der Waals surface area contributed by atoms with E-state index >= 15 is 0 Å². The Morgan fingerprint density at radius 3 is 2.71 bits per heavy atom. The molecule has 1 amide bonds. The van der Waals surface area contributed by atoms with Gasteiger partial charge in [-0.2, -0.15) is 5.10 Å². The molecule has 1 aromatic rings. The lowest BCUT2D eigenvalue weighted by molar-refractivity contribution is -0.122. The van der Waals surface area contributed by atoms with Gasteiger partial charge in [0.05, 0.1) is 17.2 Å². The first kappa shape index (κ1) is 14.2. The highest BCUT2D eigenvalue weighted by molar-refractivity contribution is 7.91. The third kappa shape index (κ3) is 3.49. The van der Waals surface area contributed by atoms with Gasteiger partial charge >= 0.3 is 0 Å². The second-order valence-corrected chi connectivity index (χ2v) is 7.92. The van der Waals surface area contributed by atoms with Crippen molar-refractivity contribution in [2.45, 2.75) is 37.8 Å². The molecule has 0 spiro atoms. The summed E-state index contributed by atoms with van der Waals surface area (Å²) < 4.78 is 23.8. The second kappa shape index (κ2) is 5.25. The molecule has 8 heteroatoms. The van der Waals surface area contributed by atoms with Gasteiger partial charge in [-0.15, -0.1) is 0 Å². The van der Waals surface area contributed by atoms with E-state index in [1.807, 2.05) is 0 Å². The van der Waals surface area contributed by atoms with Crippen molar-refractivity contribution in [1.82, 2.24) is 15.1 Å². The summed E-state index contributed by atoms with van der Waals surface area (Å²) in [7, 11) is -3.03. The normalized spacial score (nSPS) is 23.9. The van der Waals surface area contributed by atoms with Crippen molar-refractivity contribution in [1.29, 1.82) is 0 Å². The molecule has 1 aliphatic heterocycles. The zero-order chi connectivity index (χ0) is 15.0. The third-order valence-corrected chi connectivity index (χ3v) is 5.54. The average Bonchev–Trinajstić information content (AvgIpc) is 3.18. The molecule has 2 fully saturated rings. The summed E-state index contributed by atoms with van der Waals surface area (Å²) in [6, 6.07) is 2.77. The zero-order valence-corrected chi connectivity index (χ0v) is 12.3. The summed E-state index contributed by atoms with van der Waals surface area (Å²) in [5.41, 5.74) is 0.513. The van der Waals surface area contributed by atoms with Crippen LogP contribution in [0.3, 0.4) is 0 Å². The minimum absolute atomic E-state index is 0.0246. The molecular formula is C13H17N3O4S. The monoisotopic (exact) mass is 311 g/mol. The Hall–Kier alpha value is -1.70. The van der Waals surface area contributed by atoms with Crippen LogP contribution in [-0.4, -0.2) is 41.7 Å². The van der Waals surface area contributed by atoms with Crippen LogP contribution in [0.25, 0.3) is 0 Å². The molecule has 1 saturated heterocycles. The van der Waals surface area contributed by atoms with Crippen LogP contribution in [-0.2, 0) is 21.2 Å². The smallest absolute Gasteiger partial charge is 0.267 e. The Bertz CT molecular complexity index is 721. The molecule has 0 unspecified atom stereocenters. The van der Waals surface area contributed by atoms with Crippen molar-refractivity contribution in [3.63, 3.8) is 0 Å². The van der Waals surface area contributed by atoms with Crippen LogP contribution in [0.4, 0.5) is 0 Å². The van der Waals surface area contributed by atoms with Crippen LogP contribution in [0.1, 0.15) is 30.9 Å². The number of amides is 1. The number of nitrogens with zero attached hydrogens (tertiary/aromatic N) is 2. The lowest BCUT2D eigenvalue weighted by Gasteiger charge is -2.11. The van der Waals surface area contributed by atoms with E-state index in [0.29, 0.717) is 12.3 Å². The summed E-state index contributed by atoms with van der Waals surface area (Å²) in [6.45, 7) is -0.171. The third-order valence-electron chi connectivity index (χ3n) is 3.77. The van der Waals surface area contributed by atoms with Crippen molar-refractivity contribution in [2.75, 3.05) is 11.5 Å². The number of hydrogen-bond donors (Lipinski definition) is 1. The molecule has 0 aromatic carbocycles. The zero-order valence-electron chi connectivity index (χ0n) is 11.5. The molecule has 114 valence electrons. The maximum Gasteiger partial charge on any atom is 0.267 e. The van der Waals surface area contributed by atoms with Crippen molar-refractivity contribution < 1.29 is 13.2 Å². The minimum atomic E-state index is -3.03. The van der Waals surface area contributed by atoms with Gasteiger partial charge in [-0.3, -0.25) is 9.59 Å². The van der Waals surface area contributed by atoms with E-state index in [4.69, 9.17) is 0 Å². The summed E-state index contributed by atoms with van der Waals surface area (Å²) in [5, 5.41) is 6.86. The van der Waals surface area contributed by atoms with Gasteiger partial charge in [-0.1, -0.05) is 0 Å². The highest BCUT2D eigenvalue weighted by Crippen LogP contribution is 2.38. The molecule has 7 nitrogen and oxygen atoms in total. The van der Waals surface area contributed by atoms with Gasteiger partial charge in [0.15, 0.2) is 9.84 Å². The first-order valence-electron chi connectivity index (χ1n) is 7.01. The fourth-order valence-electron chi connectivity index (χ4n) is 2.49. The minimum Gasteiger partial charge on any atom is -0.351 e. The van der Waals surface area contributed by atoms with Crippen LogP contribution in [0, 0.1) is 0 Å².